The molecule has 3 atom stereocenters. The van der Waals surface area contributed by atoms with Crippen molar-refractivity contribution < 1.29 is 14.6 Å². The van der Waals surface area contributed by atoms with Gasteiger partial charge < -0.3 is 14.6 Å². The van der Waals surface area contributed by atoms with Crippen molar-refractivity contribution in [3.63, 3.8) is 0 Å². The Balaban J connectivity index is 2.40. The average molecular weight is 186 g/mol. The molecule has 0 aromatic carbocycles. The summed E-state index contributed by atoms with van der Waals surface area (Å²) in [6, 6.07) is 0. The van der Waals surface area contributed by atoms with E-state index in [2.05, 4.69) is 6.92 Å². The minimum Gasteiger partial charge on any atom is -0.386 e. The molecule has 76 valence electrons. The summed E-state index contributed by atoms with van der Waals surface area (Å²) in [6.45, 7) is 2.12. The second-order valence-electron chi connectivity index (χ2n) is 3.30. The number of methoxy groups -OCH3 is 1. The lowest BCUT2D eigenvalue weighted by Gasteiger charge is -2.28. The fourth-order valence-electron chi connectivity index (χ4n) is 1.40. The summed E-state index contributed by atoms with van der Waals surface area (Å²) in [5.41, 5.74) is 0. The lowest BCUT2D eigenvalue weighted by atomic mass is 10.0. The number of aliphatic hydroxyl groups is 1. The third-order valence-electron chi connectivity index (χ3n) is 2.23. The van der Waals surface area contributed by atoms with E-state index in [1.165, 1.54) is 0 Å². The highest BCUT2D eigenvalue weighted by Crippen LogP contribution is 2.18. The highest BCUT2D eigenvalue weighted by molar-refractivity contribution is 4.99. The third-order valence-corrected chi connectivity index (χ3v) is 2.23. The van der Waals surface area contributed by atoms with Crippen LogP contribution in [0.3, 0.4) is 0 Å². The van der Waals surface area contributed by atoms with Crippen LogP contribution in [0, 0.1) is 0 Å². The molecule has 1 heterocycles. The van der Waals surface area contributed by atoms with Crippen LogP contribution in [0.4, 0.5) is 0 Å². The van der Waals surface area contributed by atoms with E-state index in [0.717, 1.165) is 19.3 Å². The lowest BCUT2D eigenvalue weighted by molar-refractivity contribution is -0.159. The number of ether oxygens (including phenoxy) is 2. The molecule has 0 aromatic heterocycles. The molecule has 0 saturated heterocycles. The first-order valence-corrected chi connectivity index (χ1v) is 4.82. The van der Waals surface area contributed by atoms with Gasteiger partial charge >= 0.3 is 0 Å². The molecular weight excluding hydrogens is 168 g/mol. The molecule has 1 aliphatic heterocycles. The lowest BCUT2D eigenvalue weighted by Crippen LogP contribution is -2.35. The van der Waals surface area contributed by atoms with E-state index in [1.807, 2.05) is 0 Å². The summed E-state index contributed by atoms with van der Waals surface area (Å²) < 4.78 is 10.5. The topological polar surface area (TPSA) is 38.7 Å². The van der Waals surface area contributed by atoms with Crippen LogP contribution in [0.25, 0.3) is 0 Å². The smallest absolute Gasteiger partial charge is 0.177 e. The van der Waals surface area contributed by atoms with Crippen LogP contribution in [0.1, 0.15) is 26.2 Å². The highest BCUT2D eigenvalue weighted by Gasteiger charge is 2.24. The Morgan fingerprint density at radius 2 is 2.23 bits per heavy atom. The summed E-state index contributed by atoms with van der Waals surface area (Å²) in [7, 11) is 1.60. The molecule has 1 aliphatic rings. The Morgan fingerprint density at radius 1 is 1.46 bits per heavy atom. The monoisotopic (exact) mass is 186 g/mol. The molecule has 0 amide bonds. The van der Waals surface area contributed by atoms with E-state index < -0.39 is 6.10 Å². The molecular formula is C10H18O3. The molecule has 3 heteroatoms. The quantitative estimate of drug-likeness (QED) is 0.676. The third kappa shape index (κ3) is 3.10. The molecule has 0 spiro atoms. The molecule has 0 fully saturated rings. The standard InChI is InChI=1S/C10H18O3/c1-3-4-5-9-8(11)6-7-10(12-2)13-9/h6-11H,3-5H2,1-2H3/t8-,9+,10+/m0/s1. The highest BCUT2D eigenvalue weighted by atomic mass is 16.7. The normalized spacial score (nSPS) is 33.6. The summed E-state index contributed by atoms with van der Waals surface area (Å²) in [5, 5.41) is 9.54. The predicted molar refractivity (Wildman–Crippen MR) is 50.3 cm³/mol. The summed E-state index contributed by atoms with van der Waals surface area (Å²) in [6.07, 6.45) is 5.71. The predicted octanol–water partition coefficient (Wildman–Crippen LogP) is 1.46. The second-order valence-corrected chi connectivity index (χ2v) is 3.30. The van der Waals surface area contributed by atoms with Crippen LogP contribution in [0.5, 0.6) is 0 Å². The van der Waals surface area contributed by atoms with Gasteiger partial charge in [-0.1, -0.05) is 25.8 Å². The van der Waals surface area contributed by atoms with Crippen LogP contribution >= 0.6 is 0 Å². The van der Waals surface area contributed by atoms with Gasteiger partial charge in [0.05, 0.1) is 12.2 Å². The molecule has 0 bridgehead atoms. The number of aliphatic hydroxyl groups excluding tert-OH is 1. The van der Waals surface area contributed by atoms with E-state index in [9.17, 15) is 5.11 Å². The molecule has 0 aliphatic carbocycles. The minimum atomic E-state index is -0.474. The van der Waals surface area contributed by atoms with E-state index in [0.29, 0.717) is 0 Å². The van der Waals surface area contributed by atoms with Gasteiger partial charge in [0.25, 0.3) is 0 Å². The van der Waals surface area contributed by atoms with Crippen molar-refractivity contribution in [2.75, 3.05) is 7.11 Å². The van der Waals surface area contributed by atoms with Crippen molar-refractivity contribution in [2.45, 2.75) is 44.7 Å². The maximum absolute atomic E-state index is 9.54. The van der Waals surface area contributed by atoms with Crippen molar-refractivity contribution in [2.24, 2.45) is 0 Å². The fraction of sp³-hybridized carbons (Fsp3) is 0.800. The molecule has 0 unspecified atom stereocenters. The largest absolute Gasteiger partial charge is 0.386 e. The molecule has 0 aromatic rings. The number of hydrogen-bond acceptors (Lipinski definition) is 3. The first-order chi connectivity index (χ1) is 6.27. The molecule has 0 saturated carbocycles. The van der Waals surface area contributed by atoms with Gasteiger partial charge in [-0.3, -0.25) is 0 Å². The Hall–Kier alpha value is -0.380. The zero-order valence-electron chi connectivity index (χ0n) is 8.27. The van der Waals surface area contributed by atoms with Gasteiger partial charge in [-0.15, -0.1) is 0 Å². The first kappa shape index (κ1) is 10.7. The van der Waals surface area contributed by atoms with Crippen molar-refractivity contribution in [1.29, 1.82) is 0 Å². The molecule has 1 N–H and O–H groups in total. The first-order valence-electron chi connectivity index (χ1n) is 4.82. The number of hydrogen-bond donors (Lipinski definition) is 1. The van der Waals surface area contributed by atoms with Crippen molar-refractivity contribution in [3.8, 4) is 0 Å². The molecule has 3 nitrogen and oxygen atoms in total. The number of unbranched alkanes of at least 4 members (excludes halogenated alkanes) is 1. The van der Waals surface area contributed by atoms with Crippen LogP contribution in [-0.2, 0) is 9.47 Å². The van der Waals surface area contributed by atoms with Gasteiger partial charge in [-0.25, -0.2) is 0 Å². The average Bonchev–Trinajstić information content (AvgIpc) is 2.17. The van der Waals surface area contributed by atoms with Crippen molar-refractivity contribution in [3.05, 3.63) is 12.2 Å². The zero-order chi connectivity index (χ0) is 9.68. The number of rotatable bonds is 4. The van der Waals surface area contributed by atoms with Gasteiger partial charge in [-0.2, -0.15) is 0 Å². The Kier molecular flexibility index (Phi) is 4.42. The van der Waals surface area contributed by atoms with Crippen molar-refractivity contribution >= 4 is 0 Å². The van der Waals surface area contributed by atoms with E-state index in [4.69, 9.17) is 9.47 Å². The van der Waals surface area contributed by atoms with E-state index in [1.54, 1.807) is 19.3 Å². The van der Waals surface area contributed by atoms with Gasteiger partial charge in [0.2, 0.25) is 0 Å². The fourth-order valence-corrected chi connectivity index (χ4v) is 1.40. The van der Waals surface area contributed by atoms with Gasteiger partial charge in [-0.05, 0) is 12.5 Å². The Bertz CT molecular complexity index is 168. The Labute approximate surface area is 79.3 Å². The Morgan fingerprint density at radius 3 is 2.85 bits per heavy atom. The van der Waals surface area contributed by atoms with Gasteiger partial charge in [0.15, 0.2) is 6.29 Å². The van der Waals surface area contributed by atoms with Crippen LogP contribution in [0.15, 0.2) is 12.2 Å². The molecule has 1 rings (SSSR count). The minimum absolute atomic E-state index is 0.102. The van der Waals surface area contributed by atoms with Gasteiger partial charge in [0, 0.05) is 7.11 Å². The summed E-state index contributed by atoms with van der Waals surface area (Å²) >= 11 is 0. The maximum atomic E-state index is 9.54. The second kappa shape index (κ2) is 5.37. The van der Waals surface area contributed by atoms with Crippen molar-refractivity contribution in [1.82, 2.24) is 0 Å². The van der Waals surface area contributed by atoms with E-state index in [-0.39, 0.29) is 12.4 Å². The SMILES string of the molecule is CCCC[C@H]1O[C@@H](OC)C=C[C@@H]1O. The molecule has 0 radical (unpaired) electrons. The van der Waals surface area contributed by atoms with Crippen LogP contribution in [0.2, 0.25) is 0 Å². The van der Waals surface area contributed by atoms with Crippen LogP contribution in [-0.4, -0.2) is 30.7 Å². The molecule has 13 heavy (non-hydrogen) atoms. The van der Waals surface area contributed by atoms with Crippen LogP contribution < -0.4 is 0 Å². The zero-order valence-corrected chi connectivity index (χ0v) is 8.27. The summed E-state index contributed by atoms with van der Waals surface area (Å²) in [5.74, 6) is 0. The summed E-state index contributed by atoms with van der Waals surface area (Å²) in [4.78, 5) is 0. The maximum Gasteiger partial charge on any atom is 0.177 e. The van der Waals surface area contributed by atoms with E-state index >= 15 is 0 Å². The van der Waals surface area contributed by atoms with Gasteiger partial charge in [0.1, 0.15) is 0 Å².